The van der Waals surface area contributed by atoms with Gasteiger partial charge < -0.3 is 16.8 Å². The molecule has 2 aromatic heterocycles. The van der Waals surface area contributed by atoms with Gasteiger partial charge in [-0.25, -0.2) is 4.68 Å². The molecule has 0 unspecified atom stereocenters. The molecule has 3 heterocycles. The summed E-state index contributed by atoms with van der Waals surface area (Å²) in [4.78, 5) is 12.1. The average Bonchev–Trinajstić information content (AvgIpc) is 3.24. The zero-order valence-electron chi connectivity index (χ0n) is 17.1. The number of anilines is 1. The van der Waals surface area contributed by atoms with Crippen molar-refractivity contribution in [1.82, 2.24) is 24.9 Å². The summed E-state index contributed by atoms with van der Waals surface area (Å²) in [7, 11) is 0. The number of hydrogen-bond donors (Lipinski definition) is 3. The van der Waals surface area contributed by atoms with Gasteiger partial charge in [0.05, 0.1) is 24.3 Å². The zero-order chi connectivity index (χ0) is 22.7. The Labute approximate surface area is 181 Å². The third-order valence-electron chi connectivity index (χ3n) is 6.38. The van der Waals surface area contributed by atoms with E-state index in [9.17, 15) is 18.0 Å². The Hall–Kier alpha value is -3.34. The molecule has 2 aliphatic rings. The minimum Gasteiger partial charge on any atom is -0.383 e. The molecule has 11 heteroatoms. The van der Waals surface area contributed by atoms with E-state index in [1.54, 1.807) is 16.9 Å². The van der Waals surface area contributed by atoms with Crippen molar-refractivity contribution in [3.05, 3.63) is 53.3 Å². The number of nitrogens with zero attached hydrogens (tertiary/aromatic N) is 4. The maximum atomic E-state index is 13.0. The maximum Gasteiger partial charge on any atom is 0.416 e. The second-order valence-corrected chi connectivity index (χ2v) is 8.71. The molecule has 5 rings (SSSR count). The number of nitrogens with one attached hydrogen (secondary N) is 1. The number of halogens is 3. The predicted octanol–water partition coefficient (Wildman–Crippen LogP) is 2.42. The van der Waals surface area contributed by atoms with E-state index in [4.69, 9.17) is 11.5 Å². The molecule has 3 aromatic rings. The molecule has 5 N–H and O–H groups in total. The first kappa shape index (κ1) is 20.6. The summed E-state index contributed by atoms with van der Waals surface area (Å²) in [5, 5.41) is 12.1. The van der Waals surface area contributed by atoms with E-state index in [2.05, 4.69) is 15.5 Å². The molecule has 1 aromatic carbocycles. The van der Waals surface area contributed by atoms with Crippen LogP contribution in [0.15, 0.2) is 36.7 Å². The van der Waals surface area contributed by atoms with E-state index in [0.717, 1.165) is 38.1 Å². The third kappa shape index (κ3) is 3.42. The summed E-state index contributed by atoms with van der Waals surface area (Å²) in [6, 6.07) is 5.17. The second-order valence-electron chi connectivity index (χ2n) is 8.71. The van der Waals surface area contributed by atoms with Crippen LogP contribution in [0.25, 0.3) is 11.3 Å². The number of nitrogens with two attached hydrogens (primary N) is 2. The van der Waals surface area contributed by atoms with Crippen LogP contribution >= 0.6 is 0 Å². The maximum absolute atomic E-state index is 13.0. The van der Waals surface area contributed by atoms with Crippen LogP contribution in [0.2, 0.25) is 0 Å². The van der Waals surface area contributed by atoms with Crippen LogP contribution in [0.1, 0.15) is 40.4 Å². The number of hydrogen-bond acceptors (Lipinski definition) is 5. The molecule has 1 spiro atoms. The monoisotopic (exact) mass is 445 g/mol. The molecular weight excluding hydrogens is 423 g/mol. The normalized spacial score (nSPS) is 17.8. The first-order valence-corrected chi connectivity index (χ1v) is 10.2. The van der Waals surface area contributed by atoms with Gasteiger partial charge in [-0.05, 0) is 36.0 Å². The Balaban J connectivity index is 1.41. The number of rotatable bonds is 5. The number of carbonyl (C=O) groups excluding carboxylic acids is 1. The first-order valence-electron chi connectivity index (χ1n) is 10.2. The van der Waals surface area contributed by atoms with Crippen molar-refractivity contribution in [2.75, 3.05) is 18.8 Å². The molecule has 0 radical (unpaired) electrons. The van der Waals surface area contributed by atoms with Gasteiger partial charge >= 0.3 is 6.18 Å². The lowest BCUT2D eigenvalue weighted by Crippen LogP contribution is -2.60. The number of aromatic nitrogens is 4. The molecule has 0 bridgehead atoms. The lowest BCUT2D eigenvalue weighted by molar-refractivity contribution is -0.137. The van der Waals surface area contributed by atoms with Crippen molar-refractivity contribution in [1.29, 1.82) is 0 Å². The number of nitrogen functional groups attached to an aromatic ring is 1. The van der Waals surface area contributed by atoms with Crippen molar-refractivity contribution >= 4 is 11.7 Å². The van der Waals surface area contributed by atoms with Gasteiger partial charge in [0.15, 0.2) is 0 Å². The van der Waals surface area contributed by atoms with Crippen LogP contribution < -0.4 is 16.8 Å². The van der Waals surface area contributed by atoms with E-state index in [0.29, 0.717) is 22.2 Å². The summed E-state index contributed by atoms with van der Waals surface area (Å²) in [5.74, 6) is -0.459. The molecule has 1 aliphatic carbocycles. The molecule has 0 atom stereocenters. The van der Waals surface area contributed by atoms with E-state index < -0.39 is 17.6 Å². The first-order chi connectivity index (χ1) is 15.2. The van der Waals surface area contributed by atoms with Crippen LogP contribution in [-0.2, 0) is 12.7 Å². The second kappa shape index (κ2) is 7.09. The highest BCUT2D eigenvalue weighted by atomic mass is 19.4. The van der Waals surface area contributed by atoms with E-state index in [1.807, 2.05) is 0 Å². The van der Waals surface area contributed by atoms with Crippen LogP contribution in [0.3, 0.4) is 0 Å². The smallest absolute Gasteiger partial charge is 0.383 e. The van der Waals surface area contributed by atoms with Gasteiger partial charge in [0.2, 0.25) is 0 Å². The van der Waals surface area contributed by atoms with Crippen molar-refractivity contribution in [3.63, 3.8) is 0 Å². The van der Waals surface area contributed by atoms with Gasteiger partial charge in [-0.2, -0.15) is 23.4 Å². The SMILES string of the molecule is NC(=O)c1c(-c2cnn(Cc3cccc(C(F)(F)F)c3)c2)nn(C2CC3(CNC3)C2)c1N. The molecule has 32 heavy (non-hydrogen) atoms. The fourth-order valence-corrected chi connectivity index (χ4v) is 4.66. The summed E-state index contributed by atoms with van der Waals surface area (Å²) >= 11 is 0. The van der Waals surface area contributed by atoms with Gasteiger partial charge in [0.1, 0.15) is 17.1 Å². The van der Waals surface area contributed by atoms with Crippen molar-refractivity contribution < 1.29 is 18.0 Å². The van der Waals surface area contributed by atoms with Crippen LogP contribution in [-0.4, -0.2) is 38.6 Å². The zero-order valence-corrected chi connectivity index (χ0v) is 17.1. The van der Waals surface area contributed by atoms with Gasteiger partial charge in [0, 0.05) is 24.8 Å². The van der Waals surface area contributed by atoms with Gasteiger partial charge in [-0.3, -0.25) is 9.48 Å². The molecule has 1 saturated heterocycles. The fourth-order valence-electron chi connectivity index (χ4n) is 4.66. The highest BCUT2D eigenvalue weighted by Crippen LogP contribution is 2.51. The lowest BCUT2D eigenvalue weighted by atomic mass is 9.62. The number of amides is 1. The summed E-state index contributed by atoms with van der Waals surface area (Å²) in [6.07, 6.45) is 0.569. The Bertz CT molecular complexity index is 1180. The minimum absolute atomic E-state index is 0.101. The van der Waals surface area contributed by atoms with E-state index in [-0.39, 0.29) is 24.0 Å². The lowest BCUT2D eigenvalue weighted by Gasteiger charge is -2.54. The van der Waals surface area contributed by atoms with E-state index in [1.165, 1.54) is 16.9 Å². The number of carbonyl (C=O) groups is 1. The van der Waals surface area contributed by atoms with E-state index >= 15 is 0 Å². The molecule has 1 amide bonds. The van der Waals surface area contributed by atoms with Gasteiger partial charge in [0.25, 0.3) is 5.91 Å². The average molecular weight is 445 g/mol. The molecule has 168 valence electrons. The highest BCUT2D eigenvalue weighted by Gasteiger charge is 2.50. The third-order valence-corrected chi connectivity index (χ3v) is 6.38. The van der Waals surface area contributed by atoms with Gasteiger partial charge in [-0.1, -0.05) is 12.1 Å². The Kier molecular flexibility index (Phi) is 4.55. The van der Waals surface area contributed by atoms with Crippen molar-refractivity contribution in [2.45, 2.75) is 31.6 Å². The molecule has 2 fully saturated rings. The Morgan fingerprint density at radius 1 is 1.28 bits per heavy atom. The molecule has 1 aliphatic heterocycles. The van der Waals surface area contributed by atoms with Crippen molar-refractivity contribution in [2.24, 2.45) is 11.1 Å². The molecule has 1 saturated carbocycles. The standard InChI is InChI=1S/C21H22F3N7O/c22-21(23,24)14-3-1-2-12(4-14)8-30-9-13(7-28-30)17-16(19(26)32)18(25)31(29-17)15-5-20(6-15)10-27-11-20/h1-4,7,9,15,27H,5-6,8,10-11,25H2,(H2,26,32). The molecule has 8 nitrogen and oxygen atoms in total. The Morgan fingerprint density at radius 2 is 2.03 bits per heavy atom. The number of primary amides is 1. The topological polar surface area (TPSA) is 117 Å². The van der Waals surface area contributed by atoms with Crippen molar-refractivity contribution in [3.8, 4) is 11.3 Å². The van der Waals surface area contributed by atoms with Crippen LogP contribution in [0.4, 0.5) is 19.0 Å². The molecular formula is C21H22F3N7O. The Morgan fingerprint density at radius 3 is 2.66 bits per heavy atom. The highest BCUT2D eigenvalue weighted by molar-refractivity contribution is 6.03. The van der Waals surface area contributed by atoms with Crippen LogP contribution in [0.5, 0.6) is 0 Å². The van der Waals surface area contributed by atoms with Crippen LogP contribution in [0, 0.1) is 5.41 Å². The quantitative estimate of drug-likeness (QED) is 0.558. The summed E-state index contributed by atoms with van der Waals surface area (Å²) in [5.41, 5.74) is 12.8. The fraction of sp³-hybridized carbons (Fsp3) is 0.381. The summed E-state index contributed by atoms with van der Waals surface area (Å²) in [6.45, 7) is 2.08. The number of alkyl halides is 3. The predicted molar refractivity (Wildman–Crippen MR) is 110 cm³/mol. The number of benzene rings is 1. The van der Waals surface area contributed by atoms with Gasteiger partial charge in [-0.15, -0.1) is 0 Å². The summed E-state index contributed by atoms with van der Waals surface area (Å²) < 4.78 is 42.1. The largest absolute Gasteiger partial charge is 0.416 e. The minimum atomic E-state index is -4.41.